The first kappa shape index (κ1) is 17.7. The van der Waals surface area contributed by atoms with Crippen LogP contribution in [0.25, 0.3) is 0 Å². The Morgan fingerprint density at radius 1 is 1.28 bits per heavy atom. The monoisotopic (exact) mass is 350 g/mol. The molecule has 0 radical (unpaired) electrons. The predicted octanol–water partition coefficient (Wildman–Crippen LogP) is 1.45. The van der Waals surface area contributed by atoms with Gasteiger partial charge in [0.1, 0.15) is 11.2 Å². The summed E-state index contributed by atoms with van der Waals surface area (Å²) in [5.74, 6) is -0.721. The fourth-order valence-electron chi connectivity index (χ4n) is 5.71. The smallest absolute Gasteiger partial charge is 0.190 e. The van der Waals surface area contributed by atoms with Gasteiger partial charge < -0.3 is 20.1 Å². The molecule has 1 saturated heterocycles. The largest absolute Gasteiger partial charge is 0.392 e. The van der Waals surface area contributed by atoms with Gasteiger partial charge in [-0.25, -0.2) is 0 Å². The number of allylic oxidation sites excluding steroid dienone is 1. The van der Waals surface area contributed by atoms with E-state index in [0.29, 0.717) is 30.4 Å². The maximum Gasteiger partial charge on any atom is 0.190 e. The molecule has 0 aromatic heterocycles. The molecule has 4 rings (SSSR count). The van der Waals surface area contributed by atoms with Gasteiger partial charge in [0, 0.05) is 0 Å². The molecule has 0 aromatic carbocycles. The molecule has 0 amide bonds. The van der Waals surface area contributed by atoms with E-state index < -0.39 is 29.3 Å². The predicted molar refractivity (Wildman–Crippen MR) is 91.7 cm³/mol. The molecule has 5 heteroatoms. The molecule has 140 valence electrons. The number of ether oxygens (including phenoxy) is 1. The minimum absolute atomic E-state index is 0.131. The molecule has 4 unspecified atom stereocenters. The van der Waals surface area contributed by atoms with Gasteiger partial charge in [-0.05, 0) is 54.9 Å². The molecule has 1 aliphatic heterocycles. The van der Waals surface area contributed by atoms with E-state index in [0.717, 1.165) is 6.42 Å². The second kappa shape index (κ2) is 5.16. The van der Waals surface area contributed by atoms with E-state index in [1.54, 1.807) is 6.92 Å². The van der Waals surface area contributed by atoms with Gasteiger partial charge >= 0.3 is 0 Å². The highest BCUT2D eigenvalue weighted by Crippen LogP contribution is 2.63. The van der Waals surface area contributed by atoms with Gasteiger partial charge in [0.15, 0.2) is 5.78 Å². The Bertz CT molecular complexity index is 634. The number of ketones is 1. The minimum Gasteiger partial charge on any atom is -0.392 e. The Kier molecular flexibility index (Phi) is 3.64. The third-order valence-corrected chi connectivity index (χ3v) is 7.73. The molecule has 3 fully saturated rings. The quantitative estimate of drug-likeness (QED) is 0.575. The van der Waals surface area contributed by atoms with Gasteiger partial charge in [-0.1, -0.05) is 26.8 Å². The van der Waals surface area contributed by atoms with Gasteiger partial charge in [0.05, 0.1) is 24.7 Å². The Labute approximate surface area is 149 Å². The molecule has 5 nitrogen and oxygen atoms in total. The van der Waals surface area contributed by atoms with E-state index in [1.807, 2.05) is 13.0 Å². The molecule has 0 bridgehead atoms. The van der Waals surface area contributed by atoms with Crippen LogP contribution in [0.2, 0.25) is 0 Å². The van der Waals surface area contributed by atoms with Crippen LogP contribution in [0.3, 0.4) is 0 Å². The molecule has 0 aromatic rings. The fraction of sp³-hybridized carbons (Fsp3) is 0.850. The Balaban J connectivity index is 1.78. The summed E-state index contributed by atoms with van der Waals surface area (Å²) in [7, 11) is 0. The fourth-order valence-corrected chi connectivity index (χ4v) is 5.71. The number of hydrogen-bond acceptors (Lipinski definition) is 5. The molecular weight excluding hydrogens is 320 g/mol. The van der Waals surface area contributed by atoms with Crippen molar-refractivity contribution in [3.63, 3.8) is 0 Å². The SMILES string of the molecule is CC1=CC2C(CCC3(CO3)[C@H](O)C3[C@@H](O)[C@@H](C)C[C@]3(O)C1=O)C2(C)C. The van der Waals surface area contributed by atoms with Crippen LogP contribution in [0, 0.1) is 29.1 Å². The zero-order chi connectivity index (χ0) is 18.4. The number of Topliss-reactive ketones (excluding diaryl/α,β-unsaturated/α-hetero) is 1. The van der Waals surface area contributed by atoms with E-state index in [1.165, 1.54) is 0 Å². The molecular formula is C20H30O5. The van der Waals surface area contributed by atoms with Gasteiger partial charge in [-0.15, -0.1) is 0 Å². The number of epoxide rings is 1. The number of hydrogen-bond donors (Lipinski definition) is 3. The zero-order valence-electron chi connectivity index (χ0n) is 15.5. The van der Waals surface area contributed by atoms with E-state index in [-0.39, 0.29) is 23.5 Å². The lowest BCUT2D eigenvalue weighted by molar-refractivity contribution is -0.150. The van der Waals surface area contributed by atoms with Crippen molar-refractivity contribution in [1.82, 2.24) is 0 Å². The number of carbonyl (C=O) groups is 1. The molecule has 25 heavy (non-hydrogen) atoms. The number of fused-ring (bicyclic) bond motifs is 2. The first-order chi connectivity index (χ1) is 11.5. The summed E-state index contributed by atoms with van der Waals surface area (Å²) in [5.41, 5.74) is -1.76. The average molecular weight is 350 g/mol. The summed E-state index contributed by atoms with van der Waals surface area (Å²) in [5, 5.41) is 33.0. The van der Waals surface area contributed by atoms with Gasteiger partial charge in [0.2, 0.25) is 0 Å². The normalized spacial score (nSPS) is 54.4. The molecule has 8 atom stereocenters. The lowest BCUT2D eigenvalue weighted by Crippen LogP contribution is -2.54. The number of rotatable bonds is 0. The van der Waals surface area contributed by atoms with Crippen molar-refractivity contribution in [2.24, 2.45) is 29.1 Å². The molecule has 3 N–H and O–H groups in total. The van der Waals surface area contributed by atoms with Crippen molar-refractivity contribution in [3.05, 3.63) is 11.6 Å². The van der Waals surface area contributed by atoms with Crippen LogP contribution >= 0.6 is 0 Å². The van der Waals surface area contributed by atoms with Crippen LogP contribution in [0.15, 0.2) is 11.6 Å². The summed E-state index contributed by atoms with van der Waals surface area (Å²) < 4.78 is 5.66. The molecule has 1 heterocycles. The standard InChI is InChI=1S/C20H30O5/c1-10-7-13-12(18(13,3)4)5-6-19(9-25-19)17(23)14-15(21)11(2)8-20(14,24)16(10)22/h7,11-15,17,21,23-24H,5-6,8-9H2,1-4H3/t11-,12?,13?,14?,15-,17+,19?,20+/m0/s1. The highest BCUT2D eigenvalue weighted by Gasteiger charge is 2.66. The summed E-state index contributed by atoms with van der Waals surface area (Å²) in [6.07, 6.45) is 1.86. The van der Waals surface area contributed by atoms with Crippen LogP contribution < -0.4 is 0 Å². The van der Waals surface area contributed by atoms with Crippen molar-refractivity contribution in [3.8, 4) is 0 Å². The van der Waals surface area contributed by atoms with Crippen molar-refractivity contribution in [2.45, 2.75) is 70.4 Å². The van der Waals surface area contributed by atoms with E-state index >= 15 is 0 Å². The van der Waals surface area contributed by atoms with Gasteiger partial charge in [-0.3, -0.25) is 4.79 Å². The van der Waals surface area contributed by atoms with Crippen molar-refractivity contribution >= 4 is 5.78 Å². The van der Waals surface area contributed by atoms with Crippen molar-refractivity contribution in [2.75, 3.05) is 6.61 Å². The topological polar surface area (TPSA) is 90.3 Å². The van der Waals surface area contributed by atoms with E-state index in [4.69, 9.17) is 4.74 Å². The first-order valence-corrected chi connectivity index (χ1v) is 9.50. The van der Waals surface area contributed by atoms with Crippen LogP contribution in [0.4, 0.5) is 0 Å². The number of aliphatic hydroxyl groups is 3. The van der Waals surface area contributed by atoms with Crippen LogP contribution in [-0.2, 0) is 9.53 Å². The molecule has 3 aliphatic carbocycles. The number of aliphatic hydroxyl groups excluding tert-OH is 2. The second-order valence-electron chi connectivity index (χ2n) is 9.59. The Hall–Kier alpha value is -0.750. The third-order valence-electron chi connectivity index (χ3n) is 7.73. The number of carbonyl (C=O) groups excluding carboxylic acids is 1. The summed E-state index contributed by atoms with van der Waals surface area (Å²) in [4.78, 5) is 13.1. The molecule has 1 spiro atoms. The van der Waals surface area contributed by atoms with E-state index in [9.17, 15) is 20.1 Å². The highest BCUT2D eigenvalue weighted by atomic mass is 16.6. The van der Waals surface area contributed by atoms with Crippen LogP contribution in [0.5, 0.6) is 0 Å². The zero-order valence-corrected chi connectivity index (χ0v) is 15.5. The second-order valence-corrected chi connectivity index (χ2v) is 9.59. The lowest BCUT2D eigenvalue weighted by atomic mass is 9.75. The minimum atomic E-state index is -1.73. The van der Waals surface area contributed by atoms with Crippen molar-refractivity contribution < 1.29 is 24.9 Å². The van der Waals surface area contributed by atoms with E-state index in [2.05, 4.69) is 13.8 Å². The van der Waals surface area contributed by atoms with Gasteiger partial charge in [0.25, 0.3) is 0 Å². The maximum absolute atomic E-state index is 13.1. The van der Waals surface area contributed by atoms with Crippen LogP contribution in [0.1, 0.15) is 47.0 Å². The summed E-state index contributed by atoms with van der Waals surface area (Å²) in [6, 6.07) is 0. The summed E-state index contributed by atoms with van der Waals surface area (Å²) >= 11 is 0. The third kappa shape index (κ3) is 2.32. The average Bonchev–Trinajstić information content (AvgIpc) is 3.39. The highest BCUT2D eigenvalue weighted by molar-refractivity contribution is 6.02. The molecule has 4 aliphatic rings. The summed E-state index contributed by atoms with van der Waals surface area (Å²) in [6.45, 7) is 8.42. The Morgan fingerprint density at radius 2 is 1.92 bits per heavy atom. The van der Waals surface area contributed by atoms with Crippen LogP contribution in [-0.4, -0.2) is 51.1 Å². The van der Waals surface area contributed by atoms with Crippen molar-refractivity contribution in [1.29, 1.82) is 0 Å². The first-order valence-electron chi connectivity index (χ1n) is 9.50. The Morgan fingerprint density at radius 3 is 2.52 bits per heavy atom. The van der Waals surface area contributed by atoms with Gasteiger partial charge in [-0.2, -0.15) is 0 Å². The maximum atomic E-state index is 13.1. The molecule has 2 saturated carbocycles. The lowest BCUT2D eigenvalue weighted by Gasteiger charge is -2.36.